The van der Waals surface area contributed by atoms with E-state index in [1.807, 2.05) is 49.7 Å². The number of carbonyl (C=O) groups is 2. The van der Waals surface area contributed by atoms with Gasteiger partial charge in [-0.3, -0.25) is 20.4 Å². The predicted octanol–water partition coefficient (Wildman–Crippen LogP) is 2.18. The molecule has 25 heavy (non-hydrogen) atoms. The summed E-state index contributed by atoms with van der Waals surface area (Å²) in [4.78, 5) is 24.3. The quantitative estimate of drug-likeness (QED) is 0.713. The lowest BCUT2D eigenvalue weighted by molar-refractivity contribution is -0.121. The number of rotatable bonds is 4. The Morgan fingerprint density at radius 2 is 1.96 bits per heavy atom. The maximum Gasteiger partial charge on any atom is 0.271 e. The first-order valence-electron chi connectivity index (χ1n) is 8.02. The van der Waals surface area contributed by atoms with Crippen LogP contribution in [0.1, 0.15) is 33.8 Å². The topological polar surface area (TPSA) is 89.2 Å². The molecule has 0 aliphatic rings. The Hall–Kier alpha value is -3.09. The number of hydrogen-bond donors (Lipinski definition) is 2. The number of fused-ring (bicyclic) bond motifs is 1. The van der Waals surface area contributed by atoms with Crippen molar-refractivity contribution in [3.05, 3.63) is 53.0 Å². The fraction of sp³-hybridized carbons (Fsp3) is 0.278. The van der Waals surface area contributed by atoms with E-state index in [0.29, 0.717) is 17.7 Å². The zero-order chi connectivity index (χ0) is 18.0. The fourth-order valence-corrected chi connectivity index (χ4v) is 2.88. The third kappa shape index (κ3) is 3.40. The summed E-state index contributed by atoms with van der Waals surface area (Å²) < 4.78 is 6.95. The van der Waals surface area contributed by atoms with Crippen LogP contribution < -0.4 is 10.9 Å². The first-order valence-corrected chi connectivity index (χ1v) is 8.02. The Balaban J connectivity index is 1.59. The van der Waals surface area contributed by atoms with Crippen molar-refractivity contribution in [2.75, 3.05) is 0 Å². The van der Waals surface area contributed by atoms with Gasteiger partial charge >= 0.3 is 0 Å². The average Bonchev–Trinajstić information content (AvgIpc) is 3.11. The number of hydrogen-bond acceptors (Lipinski definition) is 4. The summed E-state index contributed by atoms with van der Waals surface area (Å²) >= 11 is 0. The Morgan fingerprint density at radius 3 is 2.68 bits per heavy atom. The predicted molar refractivity (Wildman–Crippen MR) is 92.8 cm³/mol. The number of carbonyl (C=O) groups excluding carboxylic acids is 2. The van der Waals surface area contributed by atoms with Crippen LogP contribution in [0.3, 0.4) is 0 Å². The number of nitrogens with zero attached hydrogens (tertiary/aromatic N) is 2. The number of para-hydroxylation sites is 1. The van der Waals surface area contributed by atoms with Crippen LogP contribution in [0, 0.1) is 13.8 Å². The van der Waals surface area contributed by atoms with Gasteiger partial charge in [-0.25, -0.2) is 0 Å². The second-order valence-electron chi connectivity index (χ2n) is 5.98. The Kier molecular flexibility index (Phi) is 4.56. The number of aromatic nitrogens is 2. The molecule has 0 bridgehead atoms. The third-order valence-electron chi connectivity index (χ3n) is 4.24. The first-order chi connectivity index (χ1) is 12.0. The van der Waals surface area contributed by atoms with Crippen LogP contribution in [-0.4, -0.2) is 21.5 Å². The summed E-state index contributed by atoms with van der Waals surface area (Å²) in [5, 5.41) is 4.70. The SMILES string of the molecule is Cc1noc(C)c1CCC(=O)NNC(=O)c1cn(C)c2ccccc12. The van der Waals surface area contributed by atoms with Gasteiger partial charge in [0.25, 0.3) is 5.91 Å². The lowest BCUT2D eigenvalue weighted by Gasteiger charge is -2.06. The zero-order valence-electron chi connectivity index (χ0n) is 14.4. The van der Waals surface area contributed by atoms with Gasteiger partial charge in [0.2, 0.25) is 5.91 Å². The maximum absolute atomic E-state index is 12.4. The molecule has 130 valence electrons. The number of nitrogens with one attached hydrogen (secondary N) is 2. The average molecular weight is 340 g/mol. The highest BCUT2D eigenvalue weighted by Crippen LogP contribution is 2.20. The minimum Gasteiger partial charge on any atom is -0.361 e. The highest BCUT2D eigenvalue weighted by Gasteiger charge is 2.15. The van der Waals surface area contributed by atoms with Crippen LogP contribution in [0.25, 0.3) is 10.9 Å². The molecule has 0 atom stereocenters. The van der Waals surface area contributed by atoms with Gasteiger partial charge in [-0.2, -0.15) is 0 Å². The Labute approximate surface area is 145 Å². The van der Waals surface area contributed by atoms with E-state index in [0.717, 1.165) is 22.2 Å². The monoisotopic (exact) mass is 340 g/mol. The minimum absolute atomic E-state index is 0.235. The number of hydrazine groups is 1. The number of amides is 2. The summed E-state index contributed by atoms with van der Waals surface area (Å²) in [6.45, 7) is 3.65. The lowest BCUT2D eigenvalue weighted by atomic mass is 10.1. The molecule has 2 amide bonds. The van der Waals surface area contributed by atoms with Crippen LogP contribution in [0.5, 0.6) is 0 Å². The van der Waals surface area contributed by atoms with Crippen molar-refractivity contribution >= 4 is 22.7 Å². The van der Waals surface area contributed by atoms with E-state index in [2.05, 4.69) is 16.0 Å². The molecule has 0 saturated heterocycles. The molecule has 0 aliphatic carbocycles. The van der Waals surface area contributed by atoms with Crippen LogP contribution in [-0.2, 0) is 18.3 Å². The molecular weight excluding hydrogens is 320 g/mol. The molecule has 0 saturated carbocycles. The van der Waals surface area contributed by atoms with Crippen molar-refractivity contribution in [3.8, 4) is 0 Å². The third-order valence-corrected chi connectivity index (χ3v) is 4.24. The molecule has 0 aliphatic heterocycles. The minimum atomic E-state index is -0.345. The number of aryl methyl sites for hydroxylation is 3. The van der Waals surface area contributed by atoms with E-state index < -0.39 is 0 Å². The Bertz CT molecular complexity index is 920. The molecule has 2 heterocycles. The Morgan fingerprint density at radius 1 is 1.20 bits per heavy atom. The van der Waals surface area contributed by atoms with Gasteiger partial charge in [0.05, 0.1) is 11.3 Å². The van der Waals surface area contributed by atoms with E-state index in [1.165, 1.54) is 0 Å². The zero-order valence-corrected chi connectivity index (χ0v) is 14.4. The normalized spacial score (nSPS) is 10.8. The van der Waals surface area contributed by atoms with Crippen LogP contribution in [0.15, 0.2) is 35.0 Å². The first kappa shape index (κ1) is 16.8. The molecule has 3 rings (SSSR count). The molecule has 1 aromatic carbocycles. The van der Waals surface area contributed by atoms with E-state index in [1.54, 1.807) is 6.20 Å². The largest absolute Gasteiger partial charge is 0.361 e. The summed E-state index contributed by atoms with van der Waals surface area (Å²) in [5.41, 5.74) is 8.11. The molecule has 0 radical (unpaired) electrons. The molecule has 0 fully saturated rings. The second kappa shape index (κ2) is 6.80. The molecule has 7 heteroatoms. The van der Waals surface area contributed by atoms with E-state index >= 15 is 0 Å². The molecular formula is C18H20N4O3. The molecule has 2 N–H and O–H groups in total. The van der Waals surface area contributed by atoms with E-state index in [9.17, 15) is 9.59 Å². The summed E-state index contributed by atoms with van der Waals surface area (Å²) in [6, 6.07) is 7.61. The van der Waals surface area contributed by atoms with Crippen molar-refractivity contribution in [1.29, 1.82) is 0 Å². The van der Waals surface area contributed by atoms with Crippen molar-refractivity contribution in [1.82, 2.24) is 20.6 Å². The molecule has 2 aromatic heterocycles. The van der Waals surface area contributed by atoms with Gasteiger partial charge in [-0.05, 0) is 26.3 Å². The van der Waals surface area contributed by atoms with Crippen molar-refractivity contribution < 1.29 is 14.1 Å². The highest BCUT2D eigenvalue weighted by atomic mass is 16.5. The standard InChI is InChI=1S/C18H20N4O3/c1-11-13(12(2)25-21-11)8-9-17(23)19-20-18(24)15-10-22(3)16-7-5-4-6-14(15)16/h4-7,10H,8-9H2,1-3H3,(H,19,23)(H,20,24). The van der Waals surface area contributed by atoms with Gasteiger partial charge in [-0.1, -0.05) is 23.4 Å². The van der Waals surface area contributed by atoms with Gasteiger partial charge in [0, 0.05) is 36.1 Å². The molecule has 0 spiro atoms. The molecule has 3 aromatic rings. The van der Waals surface area contributed by atoms with Crippen LogP contribution in [0.2, 0.25) is 0 Å². The summed E-state index contributed by atoms with van der Waals surface area (Å²) in [5.74, 6) is 0.0983. The van der Waals surface area contributed by atoms with Gasteiger partial charge < -0.3 is 9.09 Å². The van der Waals surface area contributed by atoms with Crippen LogP contribution >= 0.6 is 0 Å². The lowest BCUT2D eigenvalue weighted by Crippen LogP contribution is -2.41. The number of benzene rings is 1. The van der Waals surface area contributed by atoms with E-state index in [4.69, 9.17) is 4.52 Å². The van der Waals surface area contributed by atoms with Crippen molar-refractivity contribution in [3.63, 3.8) is 0 Å². The van der Waals surface area contributed by atoms with Gasteiger partial charge in [-0.15, -0.1) is 0 Å². The maximum atomic E-state index is 12.4. The summed E-state index contributed by atoms with van der Waals surface area (Å²) in [6.07, 6.45) is 2.49. The van der Waals surface area contributed by atoms with Crippen molar-refractivity contribution in [2.24, 2.45) is 7.05 Å². The molecule has 0 unspecified atom stereocenters. The van der Waals surface area contributed by atoms with Crippen molar-refractivity contribution in [2.45, 2.75) is 26.7 Å². The van der Waals surface area contributed by atoms with E-state index in [-0.39, 0.29) is 18.2 Å². The van der Waals surface area contributed by atoms with Crippen LogP contribution in [0.4, 0.5) is 0 Å². The fourth-order valence-electron chi connectivity index (χ4n) is 2.88. The van der Waals surface area contributed by atoms with Gasteiger partial charge in [0.1, 0.15) is 5.76 Å². The summed E-state index contributed by atoms with van der Waals surface area (Å²) in [7, 11) is 1.88. The molecule has 7 nitrogen and oxygen atoms in total. The smallest absolute Gasteiger partial charge is 0.271 e. The second-order valence-corrected chi connectivity index (χ2v) is 5.98. The highest BCUT2D eigenvalue weighted by molar-refractivity contribution is 6.07. The van der Waals surface area contributed by atoms with Gasteiger partial charge in [0.15, 0.2) is 0 Å².